The number of hydrogen-bond acceptors (Lipinski definition) is 2. The van der Waals surface area contributed by atoms with Crippen molar-refractivity contribution in [1.29, 1.82) is 0 Å². The molecule has 1 fully saturated rings. The second-order valence-electron chi connectivity index (χ2n) is 5.01. The summed E-state index contributed by atoms with van der Waals surface area (Å²) in [7, 11) is 2.04. The molecule has 2 atom stereocenters. The van der Waals surface area contributed by atoms with Gasteiger partial charge in [-0.05, 0) is 45.1 Å². The molecule has 0 aromatic rings. The average Bonchev–Trinajstić information content (AvgIpc) is 2.87. The van der Waals surface area contributed by atoms with E-state index in [1.165, 1.54) is 19.3 Å². The first kappa shape index (κ1) is 12.0. The van der Waals surface area contributed by atoms with Crippen LogP contribution in [-0.4, -0.2) is 25.8 Å². The SMILES string of the molecule is CNC(COC(C)CC(C)C)C1CC1. The molecule has 14 heavy (non-hydrogen) atoms. The number of nitrogens with one attached hydrogen (secondary N) is 1. The molecular formula is C12H25NO. The lowest BCUT2D eigenvalue weighted by atomic mass is 10.1. The van der Waals surface area contributed by atoms with Crippen LogP contribution in [0.2, 0.25) is 0 Å². The van der Waals surface area contributed by atoms with E-state index in [1.54, 1.807) is 0 Å². The Morgan fingerprint density at radius 3 is 2.36 bits per heavy atom. The van der Waals surface area contributed by atoms with E-state index < -0.39 is 0 Å². The molecule has 0 heterocycles. The predicted molar refractivity (Wildman–Crippen MR) is 60.4 cm³/mol. The van der Waals surface area contributed by atoms with Crippen molar-refractivity contribution >= 4 is 0 Å². The summed E-state index contributed by atoms with van der Waals surface area (Å²) in [4.78, 5) is 0. The summed E-state index contributed by atoms with van der Waals surface area (Å²) in [6, 6.07) is 0.588. The van der Waals surface area contributed by atoms with Crippen molar-refractivity contribution in [2.75, 3.05) is 13.7 Å². The molecule has 1 saturated carbocycles. The van der Waals surface area contributed by atoms with Crippen LogP contribution in [0.3, 0.4) is 0 Å². The first-order valence-electron chi connectivity index (χ1n) is 5.92. The van der Waals surface area contributed by atoms with E-state index >= 15 is 0 Å². The number of rotatable bonds is 7. The van der Waals surface area contributed by atoms with Crippen molar-refractivity contribution in [3.05, 3.63) is 0 Å². The van der Waals surface area contributed by atoms with Crippen LogP contribution in [0.25, 0.3) is 0 Å². The van der Waals surface area contributed by atoms with E-state index in [4.69, 9.17) is 4.74 Å². The number of ether oxygens (including phenoxy) is 1. The highest BCUT2D eigenvalue weighted by atomic mass is 16.5. The van der Waals surface area contributed by atoms with Crippen molar-refractivity contribution in [3.63, 3.8) is 0 Å². The van der Waals surface area contributed by atoms with Crippen LogP contribution in [0.1, 0.15) is 40.0 Å². The molecule has 1 aliphatic rings. The van der Waals surface area contributed by atoms with Crippen molar-refractivity contribution in [1.82, 2.24) is 5.32 Å². The molecule has 0 saturated heterocycles. The minimum atomic E-state index is 0.407. The maximum Gasteiger partial charge on any atom is 0.0625 e. The van der Waals surface area contributed by atoms with Gasteiger partial charge in [-0.15, -0.1) is 0 Å². The Balaban J connectivity index is 2.10. The number of likely N-dealkylation sites (N-methyl/N-ethyl adjacent to an activating group) is 1. The fourth-order valence-electron chi connectivity index (χ4n) is 1.95. The third kappa shape index (κ3) is 4.43. The van der Waals surface area contributed by atoms with E-state index in [2.05, 4.69) is 26.1 Å². The quantitative estimate of drug-likeness (QED) is 0.680. The van der Waals surface area contributed by atoms with E-state index in [-0.39, 0.29) is 0 Å². The van der Waals surface area contributed by atoms with Crippen LogP contribution in [0.15, 0.2) is 0 Å². The highest BCUT2D eigenvalue weighted by Crippen LogP contribution is 2.32. The molecule has 2 nitrogen and oxygen atoms in total. The summed E-state index contributed by atoms with van der Waals surface area (Å²) < 4.78 is 5.84. The molecule has 0 aliphatic heterocycles. The molecule has 0 bridgehead atoms. The molecule has 0 spiro atoms. The molecule has 1 rings (SSSR count). The molecule has 0 radical (unpaired) electrons. The zero-order valence-corrected chi connectivity index (χ0v) is 10.0. The molecule has 2 heteroatoms. The van der Waals surface area contributed by atoms with Gasteiger partial charge in [-0.1, -0.05) is 13.8 Å². The van der Waals surface area contributed by atoms with Crippen molar-refractivity contribution in [3.8, 4) is 0 Å². The monoisotopic (exact) mass is 199 g/mol. The summed E-state index contributed by atoms with van der Waals surface area (Å²) >= 11 is 0. The van der Waals surface area contributed by atoms with Gasteiger partial charge in [-0.25, -0.2) is 0 Å². The second-order valence-corrected chi connectivity index (χ2v) is 5.01. The lowest BCUT2D eigenvalue weighted by Crippen LogP contribution is -2.34. The van der Waals surface area contributed by atoms with Gasteiger partial charge in [0.05, 0.1) is 12.7 Å². The number of hydrogen-bond donors (Lipinski definition) is 1. The van der Waals surface area contributed by atoms with Crippen molar-refractivity contribution < 1.29 is 4.74 Å². The van der Waals surface area contributed by atoms with E-state index in [0.29, 0.717) is 12.1 Å². The Morgan fingerprint density at radius 1 is 1.29 bits per heavy atom. The van der Waals surface area contributed by atoms with Gasteiger partial charge in [0.15, 0.2) is 0 Å². The summed E-state index contributed by atoms with van der Waals surface area (Å²) in [6.07, 6.45) is 4.34. The molecular weight excluding hydrogens is 174 g/mol. The third-order valence-corrected chi connectivity index (χ3v) is 2.93. The summed E-state index contributed by atoms with van der Waals surface area (Å²) in [6.45, 7) is 7.56. The van der Waals surface area contributed by atoms with Gasteiger partial charge >= 0.3 is 0 Å². The summed E-state index contributed by atoms with van der Waals surface area (Å²) in [5, 5.41) is 3.35. The Hall–Kier alpha value is -0.0800. The maximum atomic E-state index is 5.84. The van der Waals surface area contributed by atoms with Crippen LogP contribution in [-0.2, 0) is 4.74 Å². The highest BCUT2D eigenvalue weighted by molar-refractivity contribution is 4.85. The maximum absolute atomic E-state index is 5.84. The van der Waals surface area contributed by atoms with Crippen LogP contribution in [0, 0.1) is 11.8 Å². The summed E-state index contributed by atoms with van der Waals surface area (Å²) in [5.74, 6) is 1.62. The Labute approximate surface area is 88.4 Å². The van der Waals surface area contributed by atoms with E-state index in [1.807, 2.05) is 7.05 Å². The van der Waals surface area contributed by atoms with Gasteiger partial charge in [0, 0.05) is 6.04 Å². The van der Waals surface area contributed by atoms with Crippen LogP contribution in [0.5, 0.6) is 0 Å². The average molecular weight is 199 g/mol. The Morgan fingerprint density at radius 2 is 1.93 bits per heavy atom. The first-order valence-corrected chi connectivity index (χ1v) is 5.92. The van der Waals surface area contributed by atoms with Gasteiger partial charge in [0.2, 0.25) is 0 Å². The third-order valence-electron chi connectivity index (χ3n) is 2.93. The fraction of sp³-hybridized carbons (Fsp3) is 1.00. The normalized spacial score (nSPS) is 21.2. The predicted octanol–water partition coefficient (Wildman–Crippen LogP) is 2.44. The Bertz CT molecular complexity index is 154. The molecule has 0 aromatic carbocycles. The van der Waals surface area contributed by atoms with Crippen LogP contribution >= 0.6 is 0 Å². The van der Waals surface area contributed by atoms with Gasteiger partial charge in [0.1, 0.15) is 0 Å². The smallest absolute Gasteiger partial charge is 0.0625 e. The van der Waals surface area contributed by atoms with Gasteiger partial charge < -0.3 is 10.1 Å². The minimum Gasteiger partial charge on any atom is -0.377 e. The topological polar surface area (TPSA) is 21.3 Å². The highest BCUT2D eigenvalue weighted by Gasteiger charge is 2.30. The largest absolute Gasteiger partial charge is 0.377 e. The fourth-order valence-corrected chi connectivity index (χ4v) is 1.95. The van der Waals surface area contributed by atoms with Gasteiger partial charge in [0.25, 0.3) is 0 Å². The Kier molecular flexibility index (Phi) is 4.90. The molecule has 0 aromatic heterocycles. The molecule has 2 unspecified atom stereocenters. The summed E-state index contributed by atoms with van der Waals surface area (Å²) in [5.41, 5.74) is 0. The van der Waals surface area contributed by atoms with E-state index in [0.717, 1.165) is 18.4 Å². The van der Waals surface area contributed by atoms with Crippen molar-refractivity contribution in [2.45, 2.75) is 52.2 Å². The van der Waals surface area contributed by atoms with Gasteiger partial charge in [-0.2, -0.15) is 0 Å². The second kappa shape index (κ2) is 5.72. The van der Waals surface area contributed by atoms with Crippen LogP contribution in [0.4, 0.5) is 0 Å². The molecule has 1 aliphatic carbocycles. The lowest BCUT2D eigenvalue weighted by Gasteiger charge is -2.20. The zero-order chi connectivity index (χ0) is 10.6. The van der Waals surface area contributed by atoms with Crippen LogP contribution < -0.4 is 5.32 Å². The zero-order valence-electron chi connectivity index (χ0n) is 10.0. The lowest BCUT2D eigenvalue weighted by molar-refractivity contribution is 0.0350. The van der Waals surface area contributed by atoms with Crippen molar-refractivity contribution in [2.24, 2.45) is 11.8 Å². The van der Waals surface area contributed by atoms with E-state index in [9.17, 15) is 0 Å². The van der Waals surface area contributed by atoms with Gasteiger partial charge in [-0.3, -0.25) is 0 Å². The first-order chi connectivity index (χ1) is 6.63. The molecule has 84 valence electrons. The molecule has 0 amide bonds. The standard InChI is InChI=1S/C12H25NO/c1-9(2)7-10(3)14-8-12(13-4)11-5-6-11/h9-13H,5-8H2,1-4H3. The minimum absolute atomic E-state index is 0.407. The molecule has 1 N–H and O–H groups in total.